The van der Waals surface area contributed by atoms with Crippen molar-refractivity contribution >= 4 is 37.5 Å². The first-order valence-electron chi connectivity index (χ1n) is 3.62. The van der Waals surface area contributed by atoms with Crippen molar-refractivity contribution in [1.29, 1.82) is 0 Å². The topological polar surface area (TPSA) is 12.0 Å². The Morgan fingerprint density at radius 3 is 2.85 bits per heavy atom. The molecule has 0 aliphatic rings. The van der Waals surface area contributed by atoms with Crippen molar-refractivity contribution in [2.24, 2.45) is 0 Å². The maximum Gasteiger partial charge on any atom is 0.125 e. The summed E-state index contributed by atoms with van der Waals surface area (Å²) in [4.78, 5) is 0. The Labute approximate surface area is 93.3 Å². The van der Waals surface area contributed by atoms with Crippen molar-refractivity contribution in [3.63, 3.8) is 0 Å². The van der Waals surface area contributed by atoms with Crippen LogP contribution in [0, 0.1) is 5.82 Å². The quantitative estimate of drug-likeness (QED) is 0.893. The molecule has 70 valence electrons. The highest BCUT2D eigenvalue weighted by Gasteiger charge is 2.00. The van der Waals surface area contributed by atoms with Gasteiger partial charge in [-0.1, -0.05) is 22.5 Å². The summed E-state index contributed by atoms with van der Waals surface area (Å²) in [5.74, 6) is -0.258. The normalized spacial score (nSPS) is 9.77. The zero-order valence-electron chi connectivity index (χ0n) is 6.78. The van der Waals surface area contributed by atoms with Gasteiger partial charge in [-0.3, -0.25) is 0 Å². The molecule has 0 saturated heterocycles. The van der Waals surface area contributed by atoms with E-state index in [9.17, 15) is 4.39 Å². The van der Waals surface area contributed by atoms with E-state index in [-0.39, 0.29) is 5.82 Å². The molecule has 0 amide bonds. The Hall–Kier alpha value is -0.350. The number of nitrogens with one attached hydrogen (secondary N) is 1. The lowest BCUT2D eigenvalue weighted by molar-refractivity contribution is 0.628. The lowest BCUT2D eigenvalue weighted by Crippen LogP contribution is -2.01. The molecule has 4 heteroatoms. The van der Waals surface area contributed by atoms with Gasteiger partial charge >= 0.3 is 0 Å². The van der Waals surface area contributed by atoms with E-state index in [1.165, 1.54) is 12.1 Å². The molecule has 1 rings (SSSR count). The fraction of sp³-hybridized carbons (Fsp3) is 0.111. The summed E-state index contributed by atoms with van der Waals surface area (Å²) in [6, 6.07) is 4.49. The van der Waals surface area contributed by atoms with E-state index in [1.807, 2.05) is 0 Å². The molecular weight excluding hydrogens is 301 g/mol. The second-order valence-electron chi connectivity index (χ2n) is 2.49. The highest BCUT2D eigenvalue weighted by Crippen LogP contribution is 2.23. The summed E-state index contributed by atoms with van der Waals surface area (Å²) >= 11 is 6.52. The minimum absolute atomic E-state index is 0.258. The van der Waals surface area contributed by atoms with Crippen LogP contribution in [0.5, 0.6) is 0 Å². The number of halogens is 3. The Morgan fingerprint density at radius 2 is 2.23 bits per heavy atom. The second-order valence-corrected chi connectivity index (χ2v) is 4.47. The maximum atomic E-state index is 12.8. The van der Waals surface area contributed by atoms with Gasteiger partial charge in [0.1, 0.15) is 5.82 Å². The van der Waals surface area contributed by atoms with Crippen molar-refractivity contribution < 1.29 is 4.39 Å². The minimum atomic E-state index is -0.258. The van der Waals surface area contributed by atoms with Gasteiger partial charge in [0.05, 0.1) is 5.69 Å². The first-order chi connectivity index (χ1) is 6.09. The Morgan fingerprint density at radius 1 is 1.54 bits per heavy atom. The zero-order valence-corrected chi connectivity index (χ0v) is 9.95. The standard InChI is InChI=1S/C9H8Br2FN/c1-6(10)5-13-9-4-7(12)2-3-8(9)11/h2-4,13H,1,5H2. The van der Waals surface area contributed by atoms with Crippen LogP contribution >= 0.6 is 31.9 Å². The van der Waals surface area contributed by atoms with Crippen LogP contribution in [0.2, 0.25) is 0 Å². The highest BCUT2D eigenvalue weighted by molar-refractivity contribution is 9.11. The van der Waals surface area contributed by atoms with Gasteiger partial charge in [0.2, 0.25) is 0 Å². The van der Waals surface area contributed by atoms with Crippen LogP contribution in [0.15, 0.2) is 33.7 Å². The van der Waals surface area contributed by atoms with Crippen molar-refractivity contribution in [2.45, 2.75) is 0 Å². The smallest absolute Gasteiger partial charge is 0.125 e. The molecule has 13 heavy (non-hydrogen) atoms. The summed E-state index contributed by atoms with van der Waals surface area (Å²) in [5, 5.41) is 3.02. The lowest BCUT2D eigenvalue weighted by Gasteiger charge is -2.07. The molecule has 1 N–H and O–H groups in total. The monoisotopic (exact) mass is 307 g/mol. The maximum absolute atomic E-state index is 12.8. The van der Waals surface area contributed by atoms with E-state index in [2.05, 4.69) is 43.8 Å². The molecule has 0 spiro atoms. The van der Waals surface area contributed by atoms with Crippen LogP contribution in [0.25, 0.3) is 0 Å². The van der Waals surface area contributed by atoms with Crippen LogP contribution in [0.4, 0.5) is 10.1 Å². The Balaban J connectivity index is 2.75. The minimum Gasteiger partial charge on any atom is -0.379 e. The van der Waals surface area contributed by atoms with Gasteiger partial charge in [-0.25, -0.2) is 4.39 Å². The van der Waals surface area contributed by atoms with Crippen molar-refractivity contribution in [3.8, 4) is 0 Å². The predicted octanol–water partition coefficient (Wildman–Crippen LogP) is 3.91. The van der Waals surface area contributed by atoms with Gasteiger partial charge < -0.3 is 5.32 Å². The largest absolute Gasteiger partial charge is 0.379 e. The third kappa shape index (κ3) is 3.48. The van der Waals surface area contributed by atoms with Gasteiger partial charge in [-0.05, 0) is 34.1 Å². The molecule has 0 aliphatic heterocycles. The third-order valence-corrected chi connectivity index (χ3v) is 2.37. The van der Waals surface area contributed by atoms with Crippen LogP contribution < -0.4 is 5.32 Å². The van der Waals surface area contributed by atoms with Gasteiger partial charge in [0, 0.05) is 15.5 Å². The van der Waals surface area contributed by atoms with Gasteiger partial charge in [0.25, 0.3) is 0 Å². The van der Waals surface area contributed by atoms with E-state index in [0.29, 0.717) is 6.54 Å². The molecule has 1 nitrogen and oxygen atoms in total. The molecule has 0 fully saturated rings. The van der Waals surface area contributed by atoms with Crippen LogP contribution in [-0.4, -0.2) is 6.54 Å². The fourth-order valence-electron chi connectivity index (χ4n) is 0.824. The molecule has 0 aromatic heterocycles. The first-order valence-corrected chi connectivity index (χ1v) is 5.20. The highest BCUT2D eigenvalue weighted by atomic mass is 79.9. The number of benzene rings is 1. The summed E-state index contributed by atoms with van der Waals surface area (Å²) in [5.41, 5.74) is 0.723. The number of hydrogen-bond acceptors (Lipinski definition) is 1. The van der Waals surface area contributed by atoms with Gasteiger partial charge in [-0.2, -0.15) is 0 Å². The number of anilines is 1. The molecule has 1 aromatic rings. The third-order valence-electron chi connectivity index (χ3n) is 1.40. The van der Waals surface area contributed by atoms with E-state index in [4.69, 9.17) is 0 Å². The average molecular weight is 309 g/mol. The van der Waals surface area contributed by atoms with Crippen LogP contribution in [0.1, 0.15) is 0 Å². The summed E-state index contributed by atoms with van der Waals surface area (Å²) in [6.45, 7) is 4.24. The van der Waals surface area contributed by atoms with E-state index in [0.717, 1.165) is 14.6 Å². The molecule has 0 bridgehead atoms. The van der Waals surface area contributed by atoms with Gasteiger partial charge in [-0.15, -0.1) is 0 Å². The molecule has 0 saturated carbocycles. The molecule has 0 unspecified atom stereocenters. The molecule has 0 atom stereocenters. The second kappa shape index (κ2) is 4.77. The molecule has 0 aliphatic carbocycles. The van der Waals surface area contributed by atoms with Crippen LogP contribution in [-0.2, 0) is 0 Å². The van der Waals surface area contributed by atoms with Gasteiger partial charge in [0.15, 0.2) is 0 Å². The Bertz CT molecular complexity index is 325. The lowest BCUT2D eigenvalue weighted by atomic mass is 10.3. The van der Waals surface area contributed by atoms with E-state index >= 15 is 0 Å². The van der Waals surface area contributed by atoms with Crippen molar-refractivity contribution in [3.05, 3.63) is 39.6 Å². The molecule has 1 aromatic carbocycles. The molecule has 0 radical (unpaired) electrons. The van der Waals surface area contributed by atoms with Crippen molar-refractivity contribution in [2.75, 3.05) is 11.9 Å². The van der Waals surface area contributed by atoms with Crippen LogP contribution in [0.3, 0.4) is 0 Å². The van der Waals surface area contributed by atoms with E-state index < -0.39 is 0 Å². The van der Waals surface area contributed by atoms with Crippen molar-refractivity contribution in [1.82, 2.24) is 0 Å². The fourth-order valence-corrected chi connectivity index (χ4v) is 1.35. The summed E-state index contributed by atoms with van der Waals surface area (Å²) in [6.07, 6.45) is 0. The first kappa shape index (κ1) is 10.7. The number of hydrogen-bond donors (Lipinski definition) is 1. The van der Waals surface area contributed by atoms with E-state index in [1.54, 1.807) is 6.07 Å². The summed E-state index contributed by atoms with van der Waals surface area (Å²) < 4.78 is 14.4. The summed E-state index contributed by atoms with van der Waals surface area (Å²) in [7, 11) is 0. The molecule has 0 heterocycles. The number of rotatable bonds is 3. The average Bonchev–Trinajstić information content (AvgIpc) is 2.06. The Kier molecular flexibility index (Phi) is 3.93. The predicted molar refractivity (Wildman–Crippen MR) is 60.7 cm³/mol. The molecular formula is C9H8Br2FN. The zero-order chi connectivity index (χ0) is 9.84. The SMILES string of the molecule is C=C(Br)CNc1cc(F)ccc1Br.